The van der Waals surface area contributed by atoms with Crippen LogP contribution in [0.5, 0.6) is 0 Å². The third-order valence-electron chi connectivity index (χ3n) is 1.57. The van der Waals surface area contributed by atoms with Crippen molar-refractivity contribution in [2.24, 2.45) is 5.41 Å². The predicted octanol–water partition coefficient (Wildman–Crippen LogP) is 2.58. The van der Waals surface area contributed by atoms with E-state index in [-0.39, 0.29) is 10.7 Å². The van der Waals surface area contributed by atoms with Gasteiger partial charge < -0.3 is 0 Å². The van der Waals surface area contributed by atoms with Crippen molar-refractivity contribution < 1.29 is 4.79 Å². The minimum Gasteiger partial charge on any atom is -0.281 e. The number of halogens is 1. The third kappa shape index (κ3) is 4.46. The zero-order valence-electron chi connectivity index (χ0n) is 6.20. The molecule has 0 aliphatic heterocycles. The van der Waals surface area contributed by atoms with Gasteiger partial charge in [0.05, 0.1) is 0 Å². The molecule has 0 fully saturated rings. The Labute approximate surface area is 61.4 Å². The average Bonchev–Trinajstić information content (AvgIpc) is 1.63. The van der Waals surface area contributed by atoms with Crippen LogP contribution in [-0.2, 0) is 4.79 Å². The molecule has 0 aliphatic carbocycles. The Bertz CT molecular complexity index is 107. The molecule has 54 valence electrons. The number of hydrogen-bond acceptors (Lipinski definition) is 1. The lowest BCUT2D eigenvalue weighted by Crippen LogP contribution is -2.12. The van der Waals surface area contributed by atoms with Crippen LogP contribution in [0.1, 0.15) is 33.6 Å². The minimum atomic E-state index is -0.234. The largest absolute Gasteiger partial charge is 0.281 e. The van der Waals surface area contributed by atoms with Crippen molar-refractivity contribution in [1.29, 1.82) is 0 Å². The lowest BCUT2D eigenvalue weighted by atomic mass is 9.87. The van der Waals surface area contributed by atoms with Crippen molar-refractivity contribution in [3.8, 4) is 0 Å². The van der Waals surface area contributed by atoms with E-state index in [9.17, 15) is 4.79 Å². The van der Waals surface area contributed by atoms with Crippen LogP contribution in [0.3, 0.4) is 0 Å². The van der Waals surface area contributed by atoms with Crippen LogP contribution in [0, 0.1) is 5.41 Å². The monoisotopic (exact) mass is 148 g/mol. The standard InChI is InChI=1S/C7H13ClO/c1-4-7(2,3)5-6(8)9/h4-5H2,1-3H3. The number of carbonyl (C=O) groups excluding carboxylic acids is 1. The van der Waals surface area contributed by atoms with Gasteiger partial charge in [-0.05, 0) is 17.0 Å². The molecule has 0 saturated carbocycles. The lowest BCUT2D eigenvalue weighted by molar-refractivity contribution is -0.113. The average molecular weight is 149 g/mol. The first-order chi connectivity index (χ1) is 3.98. The zero-order valence-corrected chi connectivity index (χ0v) is 6.96. The van der Waals surface area contributed by atoms with Gasteiger partial charge in [0.15, 0.2) is 0 Å². The van der Waals surface area contributed by atoms with Crippen LogP contribution in [0.25, 0.3) is 0 Å². The van der Waals surface area contributed by atoms with Crippen molar-refractivity contribution in [1.82, 2.24) is 0 Å². The highest BCUT2D eigenvalue weighted by molar-refractivity contribution is 6.63. The van der Waals surface area contributed by atoms with Crippen LogP contribution in [0.2, 0.25) is 0 Å². The summed E-state index contributed by atoms with van der Waals surface area (Å²) in [5.74, 6) is 0. The topological polar surface area (TPSA) is 17.1 Å². The number of rotatable bonds is 3. The van der Waals surface area contributed by atoms with E-state index in [1.165, 1.54) is 0 Å². The Morgan fingerprint density at radius 3 is 2.11 bits per heavy atom. The highest BCUT2D eigenvalue weighted by Crippen LogP contribution is 2.24. The maximum Gasteiger partial charge on any atom is 0.222 e. The molecule has 0 heterocycles. The SMILES string of the molecule is CCC(C)(C)CC(=O)Cl. The molecule has 0 radical (unpaired) electrons. The van der Waals surface area contributed by atoms with Gasteiger partial charge in [0.25, 0.3) is 0 Å². The minimum absolute atomic E-state index is 0.0822. The molecule has 0 amide bonds. The molecular formula is C7H13ClO. The molecule has 0 aromatic carbocycles. The lowest BCUT2D eigenvalue weighted by Gasteiger charge is -2.19. The maximum atomic E-state index is 10.4. The molecule has 0 rings (SSSR count). The molecule has 0 aromatic heterocycles. The van der Waals surface area contributed by atoms with Crippen LogP contribution < -0.4 is 0 Å². The highest BCUT2D eigenvalue weighted by atomic mass is 35.5. The van der Waals surface area contributed by atoms with Gasteiger partial charge in [0.1, 0.15) is 0 Å². The van der Waals surface area contributed by atoms with Crippen LogP contribution in [-0.4, -0.2) is 5.24 Å². The van der Waals surface area contributed by atoms with E-state index in [1.54, 1.807) is 0 Å². The van der Waals surface area contributed by atoms with Crippen molar-refractivity contribution in [2.75, 3.05) is 0 Å². The molecule has 1 nitrogen and oxygen atoms in total. The molecule has 0 spiro atoms. The maximum absolute atomic E-state index is 10.4. The quantitative estimate of drug-likeness (QED) is 0.563. The first kappa shape index (κ1) is 8.96. The van der Waals surface area contributed by atoms with Crippen molar-refractivity contribution >= 4 is 16.8 Å². The molecular weight excluding hydrogens is 136 g/mol. The Hall–Kier alpha value is -0.0400. The second-order valence-electron chi connectivity index (χ2n) is 3.05. The van der Waals surface area contributed by atoms with E-state index in [2.05, 4.69) is 6.92 Å². The van der Waals surface area contributed by atoms with Gasteiger partial charge in [0, 0.05) is 6.42 Å². The van der Waals surface area contributed by atoms with Gasteiger partial charge in [-0.1, -0.05) is 27.2 Å². The van der Waals surface area contributed by atoms with Gasteiger partial charge in [-0.25, -0.2) is 0 Å². The van der Waals surface area contributed by atoms with E-state index in [0.717, 1.165) is 6.42 Å². The summed E-state index contributed by atoms with van der Waals surface area (Å²) in [6, 6.07) is 0. The van der Waals surface area contributed by atoms with Gasteiger partial charge in [-0.15, -0.1) is 0 Å². The van der Waals surface area contributed by atoms with Crippen molar-refractivity contribution in [3.63, 3.8) is 0 Å². The molecule has 0 unspecified atom stereocenters. The molecule has 0 aliphatic rings. The second-order valence-corrected chi connectivity index (χ2v) is 3.47. The van der Waals surface area contributed by atoms with E-state index in [1.807, 2.05) is 13.8 Å². The summed E-state index contributed by atoms with van der Waals surface area (Å²) in [5, 5.41) is -0.234. The fourth-order valence-electron chi connectivity index (χ4n) is 0.501. The molecule has 0 N–H and O–H groups in total. The van der Waals surface area contributed by atoms with Crippen molar-refractivity contribution in [2.45, 2.75) is 33.6 Å². The molecule has 9 heavy (non-hydrogen) atoms. The molecule has 0 aromatic rings. The zero-order chi connectivity index (χ0) is 7.49. The summed E-state index contributed by atoms with van der Waals surface area (Å²) < 4.78 is 0. The second kappa shape index (κ2) is 3.21. The first-order valence-electron chi connectivity index (χ1n) is 3.16. The van der Waals surface area contributed by atoms with Crippen molar-refractivity contribution in [3.05, 3.63) is 0 Å². The first-order valence-corrected chi connectivity index (χ1v) is 3.54. The highest BCUT2D eigenvalue weighted by Gasteiger charge is 2.17. The Kier molecular flexibility index (Phi) is 3.20. The van der Waals surface area contributed by atoms with E-state index >= 15 is 0 Å². The Balaban J connectivity index is 3.71. The predicted molar refractivity (Wildman–Crippen MR) is 39.5 cm³/mol. The van der Waals surface area contributed by atoms with E-state index in [4.69, 9.17) is 11.6 Å². The molecule has 0 bridgehead atoms. The van der Waals surface area contributed by atoms with E-state index in [0.29, 0.717) is 6.42 Å². The normalized spacial score (nSPS) is 11.6. The molecule has 0 saturated heterocycles. The smallest absolute Gasteiger partial charge is 0.222 e. The van der Waals surface area contributed by atoms with Gasteiger partial charge in [-0.2, -0.15) is 0 Å². The summed E-state index contributed by atoms with van der Waals surface area (Å²) in [5.41, 5.74) is 0.0822. The van der Waals surface area contributed by atoms with Gasteiger partial charge in [-0.3, -0.25) is 4.79 Å². The summed E-state index contributed by atoms with van der Waals surface area (Å²) in [6.45, 7) is 6.13. The van der Waals surface area contributed by atoms with Gasteiger partial charge in [0.2, 0.25) is 5.24 Å². The third-order valence-corrected chi connectivity index (χ3v) is 1.71. The Morgan fingerprint density at radius 2 is 2.00 bits per heavy atom. The summed E-state index contributed by atoms with van der Waals surface area (Å²) >= 11 is 5.20. The van der Waals surface area contributed by atoms with Crippen LogP contribution in [0.4, 0.5) is 0 Å². The summed E-state index contributed by atoms with van der Waals surface area (Å²) in [7, 11) is 0. The van der Waals surface area contributed by atoms with Gasteiger partial charge >= 0.3 is 0 Å². The van der Waals surface area contributed by atoms with Crippen LogP contribution >= 0.6 is 11.6 Å². The molecule has 2 heteroatoms. The number of hydrogen-bond donors (Lipinski definition) is 0. The Morgan fingerprint density at radius 1 is 1.56 bits per heavy atom. The fraction of sp³-hybridized carbons (Fsp3) is 0.857. The van der Waals surface area contributed by atoms with E-state index < -0.39 is 0 Å². The summed E-state index contributed by atoms with van der Waals surface area (Å²) in [6.07, 6.45) is 1.47. The molecule has 0 atom stereocenters. The fourth-order valence-corrected chi connectivity index (χ4v) is 0.863. The van der Waals surface area contributed by atoms with Crippen LogP contribution in [0.15, 0.2) is 0 Å². The number of carbonyl (C=O) groups is 1. The summed E-state index contributed by atoms with van der Waals surface area (Å²) in [4.78, 5) is 10.4.